The number of fused-ring (bicyclic) bond motifs is 1. The first-order chi connectivity index (χ1) is 25.5. The Morgan fingerprint density at radius 2 is 1.29 bits per heavy atom. The first-order valence-corrected chi connectivity index (χ1v) is 17.1. The summed E-state index contributed by atoms with van der Waals surface area (Å²) in [7, 11) is 6.51. The van der Waals surface area contributed by atoms with Crippen molar-refractivity contribution in [2.45, 2.75) is 26.1 Å². The fraction of sp³-hybridized carbons (Fsp3) is 0.205. The van der Waals surface area contributed by atoms with Crippen molar-refractivity contribution in [3.05, 3.63) is 159 Å². The molecule has 0 amide bonds. The van der Waals surface area contributed by atoms with E-state index in [1.165, 1.54) is 11.6 Å². The molecule has 0 saturated heterocycles. The van der Waals surface area contributed by atoms with Crippen LogP contribution in [0.1, 0.15) is 33.6 Å². The van der Waals surface area contributed by atoms with Crippen LogP contribution in [0.3, 0.4) is 0 Å². The maximum Gasteiger partial charge on any atom is 0.193 e. The first kappa shape index (κ1) is 35.8. The van der Waals surface area contributed by atoms with Crippen LogP contribution in [0.4, 0.5) is 0 Å². The molecule has 8 nitrogen and oxygen atoms in total. The van der Waals surface area contributed by atoms with Crippen LogP contribution < -0.4 is 29.1 Å². The van der Waals surface area contributed by atoms with Crippen molar-refractivity contribution in [3.63, 3.8) is 0 Å². The molecule has 5 aromatic carbocycles. The van der Waals surface area contributed by atoms with Crippen molar-refractivity contribution in [2.24, 2.45) is 0 Å². The van der Waals surface area contributed by atoms with Gasteiger partial charge in [-0.05, 0) is 83.3 Å². The monoisotopic (exact) mass is 697 g/mol. The van der Waals surface area contributed by atoms with Crippen molar-refractivity contribution in [1.82, 2.24) is 4.90 Å². The molecule has 0 bridgehead atoms. The first-order valence-electron chi connectivity index (χ1n) is 17.1. The molecule has 6 rings (SSSR count). The molecule has 8 heteroatoms. The lowest BCUT2D eigenvalue weighted by atomic mass is 10.1. The SMILES string of the molecule is COc1ccc(COc2ccc3c(=O)cc(/C=C/c4ccc(OC)c(OC)c4)oc3c2CN(CCc2ccccc2)Cc2ccc(OC)cc2)cc1. The number of methoxy groups -OCH3 is 4. The second-order valence-corrected chi connectivity index (χ2v) is 12.3. The van der Waals surface area contributed by atoms with E-state index in [0.29, 0.717) is 53.7 Å². The lowest BCUT2D eigenvalue weighted by molar-refractivity contribution is 0.248. The standard InChI is InChI=1S/C44H43NO7/c1-47-35-16-11-33(12-17-35)28-45(25-24-31-8-6-5-7-9-31)29-39-41(51-30-34-13-18-36(48-2)19-14-34)23-21-38-40(46)27-37(52-44(38)39)20-10-32-15-22-42(49-3)43(26-32)50-4/h5-23,26-27H,24-25,28-30H2,1-4H3/b20-10+. The zero-order valence-corrected chi connectivity index (χ0v) is 30.0. The van der Waals surface area contributed by atoms with Crippen LogP contribution >= 0.6 is 0 Å². The molecule has 266 valence electrons. The number of nitrogens with zero attached hydrogens (tertiary/aromatic N) is 1. The molecule has 1 heterocycles. The van der Waals surface area contributed by atoms with E-state index in [4.69, 9.17) is 28.1 Å². The molecule has 0 spiro atoms. The van der Waals surface area contributed by atoms with Crippen LogP contribution in [0.2, 0.25) is 0 Å². The number of rotatable bonds is 16. The summed E-state index contributed by atoms with van der Waals surface area (Å²) in [6.07, 6.45) is 4.51. The second-order valence-electron chi connectivity index (χ2n) is 12.3. The van der Waals surface area contributed by atoms with Crippen LogP contribution in [0.5, 0.6) is 28.7 Å². The van der Waals surface area contributed by atoms with E-state index in [2.05, 4.69) is 41.3 Å². The summed E-state index contributed by atoms with van der Waals surface area (Å²) in [5.74, 6) is 3.89. The molecule has 0 aliphatic rings. The summed E-state index contributed by atoms with van der Waals surface area (Å²) < 4.78 is 34.7. The van der Waals surface area contributed by atoms with Crippen molar-refractivity contribution in [1.29, 1.82) is 0 Å². The van der Waals surface area contributed by atoms with Gasteiger partial charge >= 0.3 is 0 Å². The molecule has 52 heavy (non-hydrogen) atoms. The highest BCUT2D eigenvalue weighted by atomic mass is 16.5. The summed E-state index contributed by atoms with van der Waals surface area (Å²) >= 11 is 0. The normalized spacial score (nSPS) is 11.2. The number of benzene rings is 5. The highest BCUT2D eigenvalue weighted by molar-refractivity contribution is 5.83. The van der Waals surface area contributed by atoms with Gasteiger partial charge in [0.2, 0.25) is 0 Å². The van der Waals surface area contributed by atoms with Gasteiger partial charge in [0.05, 0.1) is 39.4 Å². The Balaban J connectivity index is 1.39. The van der Waals surface area contributed by atoms with E-state index in [0.717, 1.165) is 46.7 Å². The number of hydrogen-bond donors (Lipinski definition) is 0. The molecule has 0 radical (unpaired) electrons. The summed E-state index contributed by atoms with van der Waals surface area (Å²) in [5.41, 5.74) is 5.38. The third kappa shape index (κ3) is 9.02. The molecule has 0 unspecified atom stereocenters. The summed E-state index contributed by atoms with van der Waals surface area (Å²) in [4.78, 5) is 16.0. The molecular weight excluding hydrogens is 654 g/mol. The minimum Gasteiger partial charge on any atom is -0.497 e. The highest BCUT2D eigenvalue weighted by Gasteiger charge is 2.19. The van der Waals surface area contributed by atoms with Gasteiger partial charge in [-0.15, -0.1) is 0 Å². The molecule has 6 aromatic rings. The Kier molecular flexibility index (Phi) is 11.9. The van der Waals surface area contributed by atoms with Gasteiger partial charge in [0.25, 0.3) is 0 Å². The van der Waals surface area contributed by atoms with Gasteiger partial charge in [0.1, 0.15) is 35.2 Å². The molecule has 0 N–H and O–H groups in total. The average molecular weight is 698 g/mol. The molecule has 0 aliphatic carbocycles. The Morgan fingerprint density at radius 1 is 0.615 bits per heavy atom. The topological polar surface area (TPSA) is 79.6 Å². The Bertz CT molecular complexity index is 2160. The molecule has 0 aliphatic heterocycles. The smallest absolute Gasteiger partial charge is 0.193 e. The van der Waals surface area contributed by atoms with Crippen LogP contribution in [0.15, 0.2) is 124 Å². The van der Waals surface area contributed by atoms with Gasteiger partial charge in [-0.2, -0.15) is 0 Å². The molecule has 1 aromatic heterocycles. The number of hydrogen-bond acceptors (Lipinski definition) is 8. The second kappa shape index (κ2) is 17.3. The zero-order chi connectivity index (χ0) is 36.3. The van der Waals surface area contributed by atoms with E-state index < -0.39 is 0 Å². The van der Waals surface area contributed by atoms with Gasteiger partial charge in [0, 0.05) is 25.7 Å². The zero-order valence-electron chi connectivity index (χ0n) is 30.0. The van der Waals surface area contributed by atoms with Gasteiger partial charge < -0.3 is 28.1 Å². The van der Waals surface area contributed by atoms with Crippen molar-refractivity contribution < 1.29 is 28.1 Å². The largest absolute Gasteiger partial charge is 0.497 e. The minimum absolute atomic E-state index is 0.137. The molecule has 0 fully saturated rings. The predicted molar refractivity (Wildman–Crippen MR) is 206 cm³/mol. The minimum atomic E-state index is -0.137. The fourth-order valence-corrected chi connectivity index (χ4v) is 6.02. The van der Waals surface area contributed by atoms with Crippen LogP contribution in [-0.2, 0) is 26.1 Å². The maximum absolute atomic E-state index is 13.6. The van der Waals surface area contributed by atoms with Crippen molar-refractivity contribution >= 4 is 23.1 Å². The third-order valence-electron chi connectivity index (χ3n) is 8.88. The molecule has 0 saturated carbocycles. The summed E-state index contributed by atoms with van der Waals surface area (Å²) in [6, 6.07) is 37.1. The van der Waals surface area contributed by atoms with Crippen LogP contribution in [0, 0.1) is 0 Å². The maximum atomic E-state index is 13.6. The van der Waals surface area contributed by atoms with E-state index in [9.17, 15) is 4.79 Å². The quantitative estimate of drug-likeness (QED) is 0.0993. The Morgan fingerprint density at radius 3 is 1.96 bits per heavy atom. The van der Waals surface area contributed by atoms with E-state index >= 15 is 0 Å². The summed E-state index contributed by atoms with van der Waals surface area (Å²) in [6.45, 7) is 2.22. The van der Waals surface area contributed by atoms with E-state index in [1.54, 1.807) is 40.6 Å². The van der Waals surface area contributed by atoms with Gasteiger partial charge in [0.15, 0.2) is 16.9 Å². The van der Waals surface area contributed by atoms with E-state index in [1.807, 2.05) is 72.8 Å². The lowest BCUT2D eigenvalue weighted by Crippen LogP contribution is -2.26. The molecular formula is C44H43NO7. The van der Waals surface area contributed by atoms with Gasteiger partial charge in [-0.1, -0.05) is 66.7 Å². The van der Waals surface area contributed by atoms with Crippen LogP contribution in [0.25, 0.3) is 23.1 Å². The number of ether oxygens (including phenoxy) is 5. The highest BCUT2D eigenvalue weighted by Crippen LogP contribution is 2.32. The van der Waals surface area contributed by atoms with Crippen LogP contribution in [-0.4, -0.2) is 39.9 Å². The van der Waals surface area contributed by atoms with Crippen molar-refractivity contribution in [2.75, 3.05) is 35.0 Å². The van der Waals surface area contributed by atoms with E-state index in [-0.39, 0.29) is 5.43 Å². The average Bonchev–Trinajstić information content (AvgIpc) is 3.19. The van der Waals surface area contributed by atoms with Gasteiger partial charge in [-0.3, -0.25) is 9.69 Å². The summed E-state index contributed by atoms with van der Waals surface area (Å²) in [5, 5.41) is 0.488. The molecule has 0 atom stereocenters. The van der Waals surface area contributed by atoms with Crippen molar-refractivity contribution in [3.8, 4) is 28.7 Å². The Hall–Kier alpha value is -5.99. The fourth-order valence-electron chi connectivity index (χ4n) is 6.02. The predicted octanol–water partition coefficient (Wildman–Crippen LogP) is 8.82. The lowest BCUT2D eigenvalue weighted by Gasteiger charge is -2.25. The Labute approximate surface area is 304 Å². The third-order valence-corrected chi connectivity index (χ3v) is 8.88. The van der Waals surface area contributed by atoms with Gasteiger partial charge in [-0.25, -0.2) is 0 Å².